The van der Waals surface area contributed by atoms with Crippen LogP contribution >= 0.6 is 15.9 Å². The highest BCUT2D eigenvalue weighted by Crippen LogP contribution is 2.15. The number of aromatic nitrogens is 2. The largest absolute Gasteiger partial charge is 0.345 e. The van der Waals surface area contributed by atoms with Gasteiger partial charge in [0.25, 0.3) is 0 Å². The van der Waals surface area contributed by atoms with Crippen molar-refractivity contribution in [2.24, 2.45) is 0 Å². The van der Waals surface area contributed by atoms with E-state index in [1.54, 1.807) is 6.33 Å². The summed E-state index contributed by atoms with van der Waals surface area (Å²) < 4.78 is 1.07. The van der Waals surface area contributed by atoms with Gasteiger partial charge in [0.05, 0.1) is 17.4 Å². The quantitative estimate of drug-likeness (QED) is 0.734. The lowest BCUT2D eigenvalue weighted by Gasteiger charge is -1.87. The van der Waals surface area contributed by atoms with Crippen molar-refractivity contribution in [1.82, 2.24) is 9.97 Å². The minimum atomic E-state index is 1.00. The number of aromatic amines is 1. The Labute approximate surface area is 80.1 Å². The molecule has 0 aliphatic heterocycles. The Balaban J connectivity index is 0.000000336. The monoisotopic (exact) mass is 226 g/mol. The zero-order valence-electron chi connectivity index (χ0n) is 7.13. The van der Waals surface area contributed by atoms with Crippen LogP contribution in [0, 0.1) is 0 Å². The van der Waals surface area contributed by atoms with Gasteiger partial charge in [0.2, 0.25) is 0 Å². The second-order valence-electron chi connectivity index (χ2n) is 2.06. The fourth-order valence-electron chi connectivity index (χ4n) is 0.908. The third-order valence-corrected chi connectivity index (χ3v) is 1.88. The standard InChI is InChI=1S/C7H5BrN2.C2H6/c8-5-1-2-6-7(3-5)10-4-9-6;1-2/h1-4H,(H,9,10);1-2H3. The average Bonchev–Trinajstić information content (AvgIpc) is 2.54. The first-order valence-corrected chi connectivity index (χ1v) is 4.74. The number of nitrogens with one attached hydrogen (secondary N) is 1. The molecule has 0 radical (unpaired) electrons. The molecule has 0 unspecified atom stereocenters. The maximum atomic E-state index is 4.08. The van der Waals surface area contributed by atoms with Crippen LogP contribution in [0.1, 0.15) is 13.8 Å². The van der Waals surface area contributed by atoms with Crippen LogP contribution in [0.15, 0.2) is 29.0 Å². The summed E-state index contributed by atoms with van der Waals surface area (Å²) in [6, 6.07) is 5.95. The lowest BCUT2D eigenvalue weighted by atomic mass is 10.3. The molecule has 0 spiro atoms. The number of benzene rings is 1. The maximum Gasteiger partial charge on any atom is 0.0931 e. The summed E-state index contributed by atoms with van der Waals surface area (Å²) in [6.07, 6.45) is 1.69. The number of imidazole rings is 1. The van der Waals surface area contributed by atoms with Crippen LogP contribution in [0.2, 0.25) is 0 Å². The molecule has 0 saturated carbocycles. The van der Waals surface area contributed by atoms with Gasteiger partial charge in [-0.15, -0.1) is 0 Å². The van der Waals surface area contributed by atoms with Gasteiger partial charge in [-0.3, -0.25) is 0 Å². The first-order valence-electron chi connectivity index (χ1n) is 3.95. The van der Waals surface area contributed by atoms with Gasteiger partial charge in [-0.05, 0) is 18.2 Å². The Morgan fingerprint density at radius 1 is 1.33 bits per heavy atom. The summed E-state index contributed by atoms with van der Waals surface area (Å²) in [6.45, 7) is 4.00. The van der Waals surface area contributed by atoms with E-state index in [1.165, 1.54) is 0 Å². The molecule has 1 heterocycles. The molecule has 1 N–H and O–H groups in total. The first-order chi connectivity index (χ1) is 5.86. The molecule has 0 atom stereocenters. The molecular formula is C9H11BrN2. The van der Waals surface area contributed by atoms with E-state index in [9.17, 15) is 0 Å². The fourth-order valence-corrected chi connectivity index (χ4v) is 1.27. The maximum absolute atomic E-state index is 4.08. The summed E-state index contributed by atoms with van der Waals surface area (Å²) >= 11 is 3.37. The predicted molar refractivity (Wildman–Crippen MR) is 55.1 cm³/mol. The lowest BCUT2D eigenvalue weighted by molar-refractivity contribution is 1.34. The van der Waals surface area contributed by atoms with Crippen molar-refractivity contribution in [3.05, 3.63) is 29.0 Å². The average molecular weight is 227 g/mol. The van der Waals surface area contributed by atoms with Crippen molar-refractivity contribution in [2.45, 2.75) is 13.8 Å². The van der Waals surface area contributed by atoms with E-state index in [2.05, 4.69) is 25.9 Å². The second kappa shape index (κ2) is 4.26. The van der Waals surface area contributed by atoms with Crippen LogP contribution in [0.4, 0.5) is 0 Å². The van der Waals surface area contributed by atoms with Gasteiger partial charge in [0.15, 0.2) is 0 Å². The lowest BCUT2D eigenvalue weighted by Crippen LogP contribution is -1.67. The normalized spacial score (nSPS) is 9.25. The molecule has 12 heavy (non-hydrogen) atoms. The molecule has 2 aromatic rings. The number of H-pyrrole nitrogens is 1. The van der Waals surface area contributed by atoms with Gasteiger partial charge in [-0.2, -0.15) is 0 Å². The van der Waals surface area contributed by atoms with Crippen LogP contribution < -0.4 is 0 Å². The molecule has 3 heteroatoms. The molecule has 0 saturated heterocycles. The van der Waals surface area contributed by atoms with Gasteiger partial charge in [-0.25, -0.2) is 4.98 Å². The number of hydrogen-bond acceptors (Lipinski definition) is 1. The van der Waals surface area contributed by atoms with Gasteiger partial charge in [0.1, 0.15) is 0 Å². The summed E-state index contributed by atoms with van der Waals surface area (Å²) in [5, 5.41) is 0. The summed E-state index contributed by atoms with van der Waals surface area (Å²) in [7, 11) is 0. The van der Waals surface area contributed by atoms with Gasteiger partial charge in [0, 0.05) is 4.47 Å². The highest BCUT2D eigenvalue weighted by molar-refractivity contribution is 9.10. The Hall–Kier alpha value is -0.830. The Morgan fingerprint density at radius 3 is 2.83 bits per heavy atom. The fraction of sp³-hybridized carbons (Fsp3) is 0.222. The van der Waals surface area contributed by atoms with E-state index < -0.39 is 0 Å². The van der Waals surface area contributed by atoms with Crippen LogP contribution in [-0.4, -0.2) is 9.97 Å². The highest BCUT2D eigenvalue weighted by Gasteiger charge is 1.93. The predicted octanol–water partition coefficient (Wildman–Crippen LogP) is 3.35. The summed E-state index contributed by atoms with van der Waals surface area (Å²) in [5.41, 5.74) is 2.07. The third kappa shape index (κ3) is 1.85. The van der Waals surface area contributed by atoms with Gasteiger partial charge in [-0.1, -0.05) is 29.8 Å². The number of fused-ring (bicyclic) bond motifs is 1. The topological polar surface area (TPSA) is 28.7 Å². The van der Waals surface area contributed by atoms with E-state index in [-0.39, 0.29) is 0 Å². The van der Waals surface area contributed by atoms with Crippen LogP contribution in [0.3, 0.4) is 0 Å². The molecule has 1 aromatic heterocycles. The van der Waals surface area contributed by atoms with Crippen LogP contribution in [0.5, 0.6) is 0 Å². The van der Waals surface area contributed by atoms with Crippen molar-refractivity contribution >= 4 is 27.0 Å². The number of hydrogen-bond donors (Lipinski definition) is 1. The molecule has 0 aliphatic rings. The van der Waals surface area contributed by atoms with Crippen molar-refractivity contribution in [2.75, 3.05) is 0 Å². The molecule has 0 aliphatic carbocycles. The van der Waals surface area contributed by atoms with Crippen molar-refractivity contribution in [3.8, 4) is 0 Å². The molecule has 2 nitrogen and oxygen atoms in total. The van der Waals surface area contributed by atoms with Crippen molar-refractivity contribution in [3.63, 3.8) is 0 Å². The van der Waals surface area contributed by atoms with Crippen LogP contribution in [0.25, 0.3) is 11.0 Å². The Kier molecular flexibility index (Phi) is 3.29. The smallest absolute Gasteiger partial charge is 0.0931 e. The van der Waals surface area contributed by atoms with Crippen molar-refractivity contribution < 1.29 is 0 Å². The summed E-state index contributed by atoms with van der Waals surface area (Å²) in [4.78, 5) is 7.10. The molecule has 2 rings (SSSR count). The van der Waals surface area contributed by atoms with Crippen LogP contribution in [-0.2, 0) is 0 Å². The van der Waals surface area contributed by atoms with E-state index in [0.29, 0.717) is 0 Å². The molecular weight excluding hydrogens is 216 g/mol. The summed E-state index contributed by atoms with van der Waals surface area (Å²) in [5.74, 6) is 0. The van der Waals surface area contributed by atoms with Gasteiger partial charge < -0.3 is 4.98 Å². The third-order valence-electron chi connectivity index (χ3n) is 1.38. The molecule has 0 amide bonds. The van der Waals surface area contributed by atoms with Gasteiger partial charge >= 0.3 is 0 Å². The zero-order valence-corrected chi connectivity index (χ0v) is 8.72. The van der Waals surface area contributed by atoms with Crippen molar-refractivity contribution in [1.29, 1.82) is 0 Å². The number of nitrogens with zero attached hydrogens (tertiary/aromatic N) is 1. The minimum Gasteiger partial charge on any atom is -0.345 e. The molecule has 0 bridgehead atoms. The first kappa shape index (κ1) is 9.26. The Morgan fingerprint density at radius 2 is 2.08 bits per heavy atom. The second-order valence-corrected chi connectivity index (χ2v) is 2.98. The van der Waals surface area contributed by atoms with E-state index >= 15 is 0 Å². The number of rotatable bonds is 0. The Bertz CT molecular complexity index is 354. The molecule has 64 valence electrons. The molecule has 0 fully saturated rings. The minimum absolute atomic E-state index is 1.00. The van der Waals surface area contributed by atoms with E-state index in [0.717, 1.165) is 15.5 Å². The zero-order chi connectivity index (χ0) is 8.97. The van der Waals surface area contributed by atoms with E-state index in [1.807, 2.05) is 32.0 Å². The highest BCUT2D eigenvalue weighted by atomic mass is 79.9. The van der Waals surface area contributed by atoms with E-state index in [4.69, 9.17) is 0 Å². The SMILES string of the molecule is Brc1ccc2nc[nH]c2c1.CC. The number of halogens is 1. The molecule has 1 aromatic carbocycles.